The molecule has 0 atom stereocenters. The molecule has 4 heteroatoms. The minimum atomic E-state index is 0.0298. The molecule has 2 nitrogen and oxygen atoms in total. The van der Waals surface area contributed by atoms with Crippen molar-refractivity contribution >= 4 is 96.1 Å². The molecule has 0 aliphatic rings. The molecule has 310 valence electrons. The molecule has 0 spiro atoms. The zero-order chi connectivity index (χ0) is 43.4. The maximum atomic E-state index is 2.59. The number of fused-ring (bicyclic) bond motifs is 12. The fraction of sp³-hybridized carbons (Fsp3) is 0.276. The summed E-state index contributed by atoms with van der Waals surface area (Å²) in [6.07, 6.45) is 0. The summed E-state index contributed by atoms with van der Waals surface area (Å²) >= 11 is 3.90. The molecule has 0 bridgehead atoms. The first-order valence-electron chi connectivity index (χ1n) is 22.3. The Morgan fingerprint density at radius 2 is 0.677 bits per heavy atom. The first-order valence-corrected chi connectivity index (χ1v) is 23.9. The summed E-state index contributed by atoms with van der Waals surface area (Å²) < 4.78 is 10.5. The van der Waals surface area contributed by atoms with E-state index in [1.807, 2.05) is 22.7 Å². The Kier molecular flexibility index (Phi) is 8.31. The molecular formula is C58H56N2S2. The number of hydrogen-bond donors (Lipinski definition) is 0. The first-order chi connectivity index (χ1) is 29.3. The molecule has 0 unspecified atom stereocenters. The van der Waals surface area contributed by atoms with Crippen LogP contribution in [-0.2, 0) is 21.7 Å². The van der Waals surface area contributed by atoms with E-state index in [2.05, 4.69) is 213 Å². The first kappa shape index (κ1) is 39.4. The van der Waals surface area contributed by atoms with Crippen molar-refractivity contribution in [2.24, 2.45) is 0 Å². The van der Waals surface area contributed by atoms with Crippen molar-refractivity contribution in [2.75, 3.05) is 0 Å². The maximum Gasteiger partial charge on any atom is 0.0736 e. The monoisotopic (exact) mass is 844 g/mol. The van der Waals surface area contributed by atoms with Crippen LogP contribution in [0, 0.1) is 0 Å². The number of nitrogens with zero attached hydrogens (tertiary/aromatic N) is 2. The van der Waals surface area contributed by atoms with Gasteiger partial charge in [-0.1, -0.05) is 156 Å². The van der Waals surface area contributed by atoms with E-state index in [1.165, 1.54) is 118 Å². The van der Waals surface area contributed by atoms with Crippen LogP contribution in [0.15, 0.2) is 121 Å². The summed E-state index contributed by atoms with van der Waals surface area (Å²) in [5.41, 5.74) is 18.4. The number of hydrogen-bond acceptors (Lipinski definition) is 2. The van der Waals surface area contributed by atoms with Gasteiger partial charge in [-0.2, -0.15) is 0 Å². The SMILES string of the molecule is CC(C)(C)c1cc(-c2ccc3c(c2)c2c4sc5ccccc5n5c6ccc(-c7cc(C(C)(C)C)cc(C(C)(C)C)c7)cc6c(c6sc7ccccc7n3c62)c45)cc(C(C)(C)C)c1. The summed E-state index contributed by atoms with van der Waals surface area (Å²) in [5.74, 6) is 0. The Balaban J connectivity index is 1.31. The summed E-state index contributed by atoms with van der Waals surface area (Å²) in [6.45, 7) is 28.0. The minimum absolute atomic E-state index is 0.0298. The van der Waals surface area contributed by atoms with E-state index < -0.39 is 0 Å². The van der Waals surface area contributed by atoms with Gasteiger partial charge in [0.1, 0.15) is 0 Å². The van der Waals surface area contributed by atoms with Crippen LogP contribution in [0.25, 0.3) is 95.7 Å². The van der Waals surface area contributed by atoms with Crippen molar-refractivity contribution < 1.29 is 0 Å². The number of benzene rings is 7. The lowest BCUT2D eigenvalue weighted by atomic mass is 9.79. The van der Waals surface area contributed by atoms with Crippen LogP contribution in [0.2, 0.25) is 0 Å². The largest absolute Gasteiger partial charge is 0.306 e. The fourth-order valence-corrected chi connectivity index (χ4v) is 12.2. The van der Waals surface area contributed by atoms with E-state index in [0.29, 0.717) is 0 Å². The third-order valence-corrected chi connectivity index (χ3v) is 15.8. The van der Waals surface area contributed by atoms with Crippen molar-refractivity contribution in [2.45, 2.75) is 105 Å². The second-order valence-electron chi connectivity index (χ2n) is 22.0. The quantitative estimate of drug-likeness (QED) is 0.153. The second kappa shape index (κ2) is 13.1. The van der Waals surface area contributed by atoms with Crippen molar-refractivity contribution in [1.29, 1.82) is 0 Å². The van der Waals surface area contributed by atoms with E-state index >= 15 is 0 Å². The molecule has 0 aliphatic heterocycles. The molecule has 0 aliphatic carbocycles. The Morgan fingerprint density at radius 1 is 0.339 bits per heavy atom. The Labute approximate surface area is 373 Å². The van der Waals surface area contributed by atoms with E-state index in [-0.39, 0.29) is 21.7 Å². The van der Waals surface area contributed by atoms with Gasteiger partial charge in [-0.05, 0) is 115 Å². The number of aromatic nitrogens is 2. The predicted molar refractivity (Wildman–Crippen MR) is 275 cm³/mol. The average Bonchev–Trinajstić information content (AvgIpc) is 3.75. The van der Waals surface area contributed by atoms with Gasteiger partial charge in [0, 0.05) is 21.5 Å². The van der Waals surface area contributed by atoms with Crippen molar-refractivity contribution in [3.63, 3.8) is 0 Å². The van der Waals surface area contributed by atoms with Gasteiger partial charge in [-0.3, -0.25) is 0 Å². The van der Waals surface area contributed by atoms with Gasteiger partial charge in [0.2, 0.25) is 0 Å². The lowest BCUT2D eigenvalue weighted by molar-refractivity contribution is 0.568. The van der Waals surface area contributed by atoms with Gasteiger partial charge in [-0.25, -0.2) is 0 Å². The number of para-hydroxylation sites is 2. The van der Waals surface area contributed by atoms with Crippen LogP contribution in [0.3, 0.4) is 0 Å². The van der Waals surface area contributed by atoms with Crippen LogP contribution in [0.5, 0.6) is 0 Å². The van der Waals surface area contributed by atoms with E-state index in [1.54, 1.807) is 0 Å². The van der Waals surface area contributed by atoms with Crippen LogP contribution < -0.4 is 0 Å². The van der Waals surface area contributed by atoms with Gasteiger partial charge in [0.05, 0.1) is 51.9 Å². The smallest absolute Gasteiger partial charge is 0.0736 e. The van der Waals surface area contributed by atoms with Crippen LogP contribution in [0.1, 0.15) is 105 Å². The molecule has 11 rings (SSSR count). The highest BCUT2D eigenvalue weighted by atomic mass is 32.1. The molecule has 0 amide bonds. The third-order valence-electron chi connectivity index (χ3n) is 13.5. The molecule has 0 fully saturated rings. The van der Waals surface area contributed by atoms with Gasteiger partial charge in [0.25, 0.3) is 0 Å². The molecule has 4 heterocycles. The molecule has 4 aromatic heterocycles. The molecule has 7 aromatic carbocycles. The molecule has 11 aromatic rings. The standard InChI is InChI=1S/C58H56N2S2/c1-55(2,3)37-25-35(26-38(31-37)56(4,5)6)33-21-23-43-41(29-33)49-51-54(62-47-19-15-13-17-45(47)59(43)51)50-42-30-34(36-27-39(57(7,8)9)32-40(28-36)58(10,11)12)22-24-44(42)60-46-18-14-16-20-48(46)61-53(49)52(50)60/h13-32H,1-12H3. The summed E-state index contributed by atoms with van der Waals surface area (Å²) in [5, 5.41) is 5.32. The zero-order valence-electron chi connectivity index (χ0n) is 38.3. The second-order valence-corrected chi connectivity index (χ2v) is 24.1. The average molecular weight is 845 g/mol. The highest BCUT2D eigenvalue weighted by Gasteiger charge is 2.28. The van der Waals surface area contributed by atoms with Crippen LogP contribution in [0.4, 0.5) is 0 Å². The third kappa shape index (κ3) is 5.93. The maximum absolute atomic E-state index is 2.59. The van der Waals surface area contributed by atoms with Gasteiger partial charge < -0.3 is 8.80 Å². The lowest BCUT2D eigenvalue weighted by Crippen LogP contribution is -2.16. The molecular weight excluding hydrogens is 789 g/mol. The minimum Gasteiger partial charge on any atom is -0.306 e. The summed E-state index contributed by atoms with van der Waals surface area (Å²) in [6, 6.07) is 47.2. The van der Waals surface area contributed by atoms with E-state index in [0.717, 1.165) is 0 Å². The topological polar surface area (TPSA) is 8.82 Å². The fourth-order valence-electron chi connectivity index (χ4n) is 9.76. The molecule has 0 saturated heterocycles. The van der Waals surface area contributed by atoms with Crippen molar-refractivity contribution in [3.05, 3.63) is 144 Å². The number of rotatable bonds is 2. The summed E-state index contributed by atoms with van der Waals surface area (Å²) in [7, 11) is 0. The summed E-state index contributed by atoms with van der Waals surface area (Å²) in [4.78, 5) is 0. The Morgan fingerprint density at radius 3 is 1.02 bits per heavy atom. The van der Waals surface area contributed by atoms with Crippen LogP contribution in [-0.4, -0.2) is 8.80 Å². The molecule has 62 heavy (non-hydrogen) atoms. The van der Waals surface area contributed by atoms with Crippen LogP contribution >= 0.6 is 22.7 Å². The highest BCUT2D eigenvalue weighted by molar-refractivity contribution is 7.27. The Bertz CT molecular complexity index is 3350. The Hall–Kier alpha value is -5.42. The van der Waals surface area contributed by atoms with Gasteiger partial charge in [0.15, 0.2) is 0 Å². The predicted octanol–water partition coefficient (Wildman–Crippen LogP) is 17.8. The van der Waals surface area contributed by atoms with Crippen molar-refractivity contribution in [3.8, 4) is 22.3 Å². The lowest BCUT2D eigenvalue weighted by Gasteiger charge is -2.26. The zero-order valence-corrected chi connectivity index (χ0v) is 39.9. The highest BCUT2D eigenvalue weighted by Crippen LogP contribution is 2.51. The molecule has 0 N–H and O–H groups in total. The van der Waals surface area contributed by atoms with E-state index in [9.17, 15) is 0 Å². The van der Waals surface area contributed by atoms with Gasteiger partial charge >= 0.3 is 0 Å². The normalized spacial score (nSPS) is 13.5. The molecule has 0 radical (unpaired) electrons. The van der Waals surface area contributed by atoms with Crippen molar-refractivity contribution in [1.82, 2.24) is 8.80 Å². The molecule has 0 saturated carbocycles. The van der Waals surface area contributed by atoms with Gasteiger partial charge in [-0.15, -0.1) is 22.7 Å². The van der Waals surface area contributed by atoms with E-state index in [4.69, 9.17) is 0 Å².